The van der Waals surface area contributed by atoms with E-state index in [1.54, 1.807) is 24.3 Å². The molecule has 5 nitrogen and oxygen atoms in total. The van der Waals surface area contributed by atoms with Crippen LogP contribution < -0.4 is 5.32 Å². The molecule has 0 aliphatic carbocycles. The van der Waals surface area contributed by atoms with Gasteiger partial charge in [-0.2, -0.15) is 0 Å². The second kappa shape index (κ2) is 8.61. The van der Waals surface area contributed by atoms with Crippen molar-refractivity contribution < 1.29 is 14.3 Å². The van der Waals surface area contributed by atoms with Crippen molar-refractivity contribution in [2.75, 3.05) is 26.0 Å². The van der Waals surface area contributed by atoms with Gasteiger partial charge in [-0.1, -0.05) is 34.1 Å². The molecular weight excluding hydrogens is 372 g/mol. The van der Waals surface area contributed by atoms with Crippen LogP contribution in [0.15, 0.2) is 53.0 Å². The maximum atomic E-state index is 12.1. The van der Waals surface area contributed by atoms with Gasteiger partial charge in [-0.3, -0.25) is 9.69 Å². The topological polar surface area (TPSA) is 58.6 Å². The van der Waals surface area contributed by atoms with Gasteiger partial charge < -0.3 is 10.1 Å². The predicted octanol–water partition coefficient (Wildman–Crippen LogP) is 3.31. The molecule has 0 aliphatic rings. The van der Waals surface area contributed by atoms with Gasteiger partial charge in [-0.25, -0.2) is 4.79 Å². The van der Waals surface area contributed by atoms with Crippen LogP contribution in [0, 0.1) is 0 Å². The van der Waals surface area contributed by atoms with E-state index >= 15 is 0 Å². The van der Waals surface area contributed by atoms with Gasteiger partial charge in [-0.15, -0.1) is 0 Å². The number of halogens is 1. The molecule has 0 aliphatic heterocycles. The zero-order valence-corrected chi connectivity index (χ0v) is 15.2. The number of ether oxygens (including phenoxy) is 1. The van der Waals surface area contributed by atoms with Gasteiger partial charge in [0.25, 0.3) is 0 Å². The van der Waals surface area contributed by atoms with Crippen molar-refractivity contribution in [1.82, 2.24) is 4.90 Å². The quantitative estimate of drug-likeness (QED) is 0.768. The van der Waals surface area contributed by atoms with Crippen molar-refractivity contribution in [3.8, 4) is 0 Å². The highest BCUT2D eigenvalue weighted by Gasteiger charge is 2.10. The fourth-order valence-corrected chi connectivity index (χ4v) is 2.51. The average Bonchev–Trinajstić information content (AvgIpc) is 2.56. The van der Waals surface area contributed by atoms with E-state index in [9.17, 15) is 9.59 Å². The van der Waals surface area contributed by atoms with E-state index in [1.807, 2.05) is 36.2 Å². The summed E-state index contributed by atoms with van der Waals surface area (Å²) in [6.45, 7) is 0.918. The average molecular weight is 391 g/mol. The molecule has 1 amide bonds. The molecule has 0 aromatic heterocycles. The summed E-state index contributed by atoms with van der Waals surface area (Å²) >= 11 is 3.40. The first-order valence-corrected chi connectivity index (χ1v) is 8.18. The maximum Gasteiger partial charge on any atom is 0.337 e. The van der Waals surface area contributed by atoms with E-state index in [1.165, 1.54) is 7.11 Å². The summed E-state index contributed by atoms with van der Waals surface area (Å²) < 4.78 is 5.70. The normalized spacial score (nSPS) is 10.5. The molecule has 6 heteroatoms. The highest BCUT2D eigenvalue weighted by atomic mass is 79.9. The lowest BCUT2D eigenvalue weighted by Gasteiger charge is -2.16. The number of amides is 1. The first-order chi connectivity index (χ1) is 11.5. The number of hydrogen-bond donors (Lipinski definition) is 1. The number of anilines is 1. The lowest BCUT2D eigenvalue weighted by molar-refractivity contribution is -0.117. The predicted molar refractivity (Wildman–Crippen MR) is 96.9 cm³/mol. The smallest absolute Gasteiger partial charge is 0.337 e. The Morgan fingerprint density at radius 3 is 2.54 bits per heavy atom. The molecule has 2 aromatic carbocycles. The lowest BCUT2D eigenvalue weighted by atomic mass is 10.2. The molecular formula is C18H19BrN2O3. The molecule has 0 saturated carbocycles. The Labute approximate surface area is 149 Å². The Morgan fingerprint density at radius 1 is 1.17 bits per heavy atom. The van der Waals surface area contributed by atoms with Crippen LogP contribution >= 0.6 is 15.9 Å². The molecule has 0 saturated heterocycles. The third kappa shape index (κ3) is 5.47. The van der Waals surface area contributed by atoms with E-state index in [-0.39, 0.29) is 12.5 Å². The number of methoxy groups -OCH3 is 1. The molecule has 0 spiro atoms. The van der Waals surface area contributed by atoms with Gasteiger partial charge >= 0.3 is 5.97 Å². The summed E-state index contributed by atoms with van der Waals surface area (Å²) in [5.74, 6) is -0.574. The van der Waals surface area contributed by atoms with Crippen molar-refractivity contribution in [2.45, 2.75) is 6.54 Å². The van der Waals surface area contributed by atoms with Gasteiger partial charge in [0.1, 0.15) is 0 Å². The SMILES string of the molecule is COC(=O)c1cccc(NC(=O)CN(C)Cc2ccc(Br)cc2)c1. The second-order valence-electron chi connectivity index (χ2n) is 5.42. The Bertz CT molecular complexity index is 716. The van der Waals surface area contributed by atoms with Crippen LogP contribution in [0.1, 0.15) is 15.9 Å². The highest BCUT2D eigenvalue weighted by Crippen LogP contribution is 2.13. The van der Waals surface area contributed by atoms with Crippen LogP contribution in [0.2, 0.25) is 0 Å². The van der Waals surface area contributed by atoms with Crippen LogP contribution in [-0.2, 0) is 16.1 Å². The van der Waals surface area contributed by atoms with E-state index < -0.39 is 5.97 Å². The summed E-state index contributed by atoms with van der Waals surface area (Å²) in [5, 5.41) is 2.79. The summed E-state index contributed by atoms with van der Waals surface area (Å²) in [5.41, 5.74) is 2.10. The third-order valence-electron chi connectivity index (χ3n) is 3.35. The van der Waals surface area contributed by atoms with Gasteiger partial charge in [0.05, 0.1) is 19.2 Å². The van der Waals surface area contributed by atoms with Crippen LogP contribution in [0.5, 0.6) is 0 Å². The summed E-state index contributed by atoms with van der Waals surface area (Å²) in [6.07, 6.45) is 0. The zero-order valence-electron chi connectivity index (χ0n) is 13.6. The number of likely N-dealkylation sites (N-methyl/N-ethyl adjacent to an activating group) is 1. The molecule has 0 heterocycles. The van der Waals surface area contributed by atoms with Crippen LogP contribution in [0.25, 0.3) is 0 Å². The number of hydrogen-bond acceptors (Lipinski definition) is 4. The number of carbonyl (C=O) groups excluding carboxylic acids is 2. The molecule has 0 fully saturated rings. The Balaban J connectivity index is 1.90. The van der Waals surface area contributed by atoms with Gasteiger partial charge in [-0.05, 0) is 42.9 Å². The Kier molecular flexibility index (Phi) is 6.52. The molecule has 1 N–H and O–H groups in total. The number of carbonyl (C=O) groups is 2. The van der Waals surface area contributed by atoms with Crippen molar-refractivity contribution in [1.29, 1.82) is 0 Å². The molecule has 126 valence electrons. The second-order valence-corrected chi connectivity index (χ2v) is 6.33. The minimum Gasteiger partial charge on any atom is -0.465 e. The maximum absolute atomic E-state index is 12.1. The molecule has 2 rings (SSSR count). The van der Waals surface area contributed by atoms with Crippen molar-refractivity contribution >= 4 is 33.5 Å². The molecule has 0 bridgehead atoms. The van der Waals surface area contributed by atoms with Crippen LogP contribution in [0.3, 0.4) is 0 Å². The molecule has 2 aromatic rings. The minimum absolute atomic E-state index is 0.142. The summed E-state index contributed by atoms with van der Waals surface area (Å²) in [6, 6.07) is 14.6. The molecule has 0 unspecified atom stereocenters. The highest BCUT2D eigenvalue weighted by molar-refractivity contribution is 9.10. The molecule has 24 heavy (non-hydrogen) atoms. The fraction of sp³-hybridized carbons (Fsp3) is 0.222. The fourth-order valence-electron chi connectivity index (χ4n) is 2.24. The summed E-state index contributed by atoms with van der Waals surface area (Å²) in [7, 11) is 3.21. The van der Waals surface area contributed by atoms with Gasteiger partial charge in [0, 0.05) is 16.7 Å². The first-order valence-electron chi connectivity index (χ1n) is 7.39. The molecule has 0 atom stereocenters. The minimum atomic E-state index is -0.432. The number of nitrogens with one attached hydrogen (secondary N) is 1. The number of esters is 1. The van der Waals surface area contributed by atoms with Gasteiger partial charge in [0.15, 0.2) is 0 Å². The van der Waals surface area contributed by atoms with Gasteiger partial charge in [0.2, 0.25) is 5.91 Å². The monoisotopic (exact) mass is 390 g/mol. The lowest BCUT2D eigenvalue weighted by Crippen LogP contribution is -2.29. The number of nitrogens with zero attached hydrogens (tertiary/aromatic N) is 1. The number of rotatable bonds is 6. The van der Waals surface area contributed by atoms with Crippen LogP contribution in [0.4, 0.5) is 5.69 Å². The molecule has 0 radical (unpaired) electrons. The van der Waals surface area contributed by atoms with E-state index in [2.05, 4.69) is 26.0 Å². The van der Waals surface area contributed by atoms with E-state index in [0.29, 0.717) is 17.8 Å². The third-order valence-corrected chi connectivity index (χ3v) is 3.88. The number of benzene rings is 2. The standard InChI is InChI=1S/C18H19BrN2O3/c1-21(11-13-6-8-15(19)9-7-13)12-17(22)20-16-5-3-4-14(10-16)18(23)24-2/h3-10H,11-12H2,1-2H3,(H,20,22). The Morgan fingerprint density at radius 2 is 1.88 bits per heavy atom. The summed E-state index contributed by atoms with van der Waals surface area (Å²) in [4.78, 5) is 25.6. The largest absolute Gasteiger partial charge is 0.465 e. The van der Waals surface area contributed by atoms with Crippen molar-refractivity contribution in [3.05, 3.63) is 64.1 Å². The Hall–Kier alpha value is -2.18. The van der Waals surface area contributed by atoms with Crippen molar-refractivity contribution in [3.63, 3.8) is 0 Å². The van der Waals surface area contributed by atoms with E-state index in [0.717, 1.165) is 10.0 Å². The van der Waals surface area contributed by atoms with Crippen LogP contribution in [-0.4, -0.2) is 37.5 Å². The van der Waals surface area contributed by atoms with Crippen molar-refractivity contribution in [2.24, 2.45) is 0 Å². The van der Waals surface area contributed by atoms with E-state index in [4.69, 9.17) is 0 Å². The first kappa shape index (κ1) is 18.2. The zero-order chi connectivity index (χ0) is 17.5.